The molecule has 3 nitrogen and oxygen atoms in total. The van der Waals surface area contributed by atoms with Gasteiger partial charge in [0.15, 0.2) is 0 Å². The van der Waals surface area contributed by atoms with Crippen LogP contribution in [-0.2, 0) is 13.1 Å². The van der Waals surface area contributed by atoms with Gasteiger partial charge in [0, 0.05) is 31.5 Å². The van der Waals surface area contributed by atoms with Crippen LogP contribution in [-0.4, -0.2) is 10.6 Å². The van der Waals surface area contributed by atoms with Gasteiger partial charge in [-0.1, -0.05) is 0 Å². The van der Waals surface area contributed by atoms with Gasteiger partial charge in [-0.05, 0) is 51.2 Å². The number of nitriles is 1. The van der Waals surface area contributed by atoms with Gasteiger partial charge in [0.25, 0.3) is 0 Å². The quantitative estimate of drug-likeness (QED) is 0.802. The fraction of sp³-hybridized carbons (Fsp3) is 0.667. The Balaban J connectivity index is 1.71. The number of hydrogen-bond acceptors (Lipinski definition) is 2. The summed E-state index contributed by atoms with van der Waals surface area (Å²) >= 11 is 0. The van der Waals surface area contributed by atoms with Crippen molar-refractivity contribution in [2.24, 2.45) is 5.41 Å². The first-order chi connectivity index (χ1) is 8.59. The molecule has 0 spiro atoms. The molecule has 1 aliphatic rings. The lowest BCUT2D eigenvalue weighted by Gasteiger charge is -2.14. The molecule has 1 aromatic heterocycles. The average Bonchev–Trinajstić information content (AvgIpc) is 3.07. The highest BCUT2D eigenvalue weighted by Gasteiger charge is 2.20. The monoisotopic (exact) mass is 245 g/mol. The molecule has 0 radical (unpaired) electrons. The van der Waals surface area contributed by atoms with Crippen molar-refractivity contribution >= 4 is 0 Å². The number of aromatic nitrogens is 1. The summed E-state index contributed by atoms with van der Waals surface area (Å²) in [5.41, 5.74) is 1.17. The Morgan fingerprint density at radius 1 is 1.50 bits per heavy atom. The Hall–Kier alpha value is -1.27. The third-order valence-corrected chi connectivity index (χ3v) is 3.50. The zero-order valence-electron chi connectivity index (χ0n) is 11.4. The Kier molecular flexibility index (Phi) is 4.08. The first-order valence-corrected chi connectivity index (χ1v) is 6.88. The van der Waals surface area contributed by atoms with E-state index in [1.165, 1.54) is 18.4 Å². The van der Waals surface area contributed by atoms with E-state index in [0.29, 0.717) is 0 Å². The molecule has 1 N–H and O–H groups in total. The molecule has 1 fully saturated rings. The van der Waals surface area contributed by atoms with Crippen LogP contribution in [0.2, 0.25) is 0 Å². The van der Waals surface area contributed by atoms with Crippen molar-refractivity contribution in [1.29, 1.82) is 5.26 Å². The van der Waals surface area contributed by atoms with Gasteiger partial charge < -0.3 is 9.88 Å². The van der Waals surface area contributed by atoms with Crippen molar-refractivity contribution in [3.05, 3.63) is 24.0 Å². The van der Waals surface area contributed by atoms with E-state index in [4.69, 9.17) is 5.26 Å². The molecule has 0 aliphatic heterocycles. The minimum Gasteiger partial charge on any atom is -0.354 e. The summed E-state index contributed by atoms with van der Waals surface area (Å²) in [6, 6.07) is 5.31. The van der Waals surface area contributed by atoms with E-state index in [-0.39, 0.29) is 5.41 Å². The molecule has 0 saturated heterocycles. The fourth-order valence-electron chi connectivity index (χ4n) is 2.04. The highest BCUT2D eigenvalue weighted by Crippen LogP contribution is 2.21. The zero-order valence-corrected chi connectivity index (χ0v) is 11.4. The third kappa shape index (κ3) is 4.19. The number of aryl methyl sites for hydroxylation is 1. The normalized spacial score (nSPS) is 15.6. The maximum atomic E-state index is 8.96. The predicted molar refractivity (Wildman–Crippen MR) is 72.9 cm³/mol. The van der Waals surface area contributed by atoms with Crippen LogP contribution in [0, 0.1) is 16.7 Å². The van der Waals surface area contributed by atoms with E-state index >= 15 is 0 Å². The molecule has 3 heteroatoms. The van der Waals surface area contributed by atoms with E-state index in [1.807, 2.05) is 13.8 Å². The Bertz CT molecular complexity index is 421. The van der Waals surface area contributed by atoms with Crippen LogP contribution in [0.1, 0.15) is 45.1 Å². The summed E-state index contributed by atoms with van der Waals surface area (Å²) in [7, 11) is 0. The third-order valence-electron chi connectivity index (χ3n) is 3.50. The van der Waals surface area contributed by atoms with Crippen LogP contribution in [0.3, 0.4) is 0 Å². The predicted octanol–water partition coefficient (Wildman–Crippen LogP) is 3.07. The Morgan fingerprint density at radius 3 is 2.94 bits per heavy atom. The van der Waals surface area contributed by atoms with Gasteiger partial charge in [-0.3, -0.25) is 0 Å². The van der Waals surface area contributed by atoms with Gasteiger partial charge in [-0.15, -0.1) is 0 Å². The van der Waals surface area contributed by atoms with E-state index in [2.05, 4.69) is 34.4 Å². The first-order valence-electron chi connectivity index (χ1n) is 6.88. The average molecular weight is 245 g/mol. The fourth-order valence-corrected chi connectivity index (χ4v) is 2.04. The van der Waals surface area contributed by atoms with Gasteiger partial charge >= 0.3 is 0 Å². The molecule has 2 rings (SSSR count). The molecule has 98 valence electrons. The molecule has 0 aromatic carbocycles. The second kappa shape index (κ2) is 5.58. The minimum absolute atomic E-state index is 0.191. The molecule has 0 bridgehead atoms. The lowest BCUT2D eigenvalue weighted by Crippen LogP contribution is -2.14. The van der Waals surface area contributed by atoms with Crippen LogP contribution < -0.4 is 5.32 Å². The largest absolute Gasteiger partial charge is 0.354 e. The van der Waals surface area contributed by atoms with Crippen molar-refractivity contribution < 1.29 is 0 Å². The van der Waals surface area contributed by atoms with Crippen LogP contribution in [0.25, 0.3) is 0 Å². The smallest absolute Gasteiger partial charge is 0.0683 e. The molecule has 1 heterocycles. The highest BCUT2D eigenvalue weighted by atomic mass is 15.0. The van der Waals surface area contributed by atoms with Gasteiger partial charge in [0.05, 0.1) is 11.5 Å². The second-order valence-corrected chi connectivity index (χ2v) is 6.01. The van der Waals surface area contributed by atoms with Crippen molar-refractivity contribution in [2.75, 3.05) is 0 Å². The summed E-state index contributed by atoms with van der Waals surface area (Å²) in [6.07, 6.45) is 9.05. The summed E-state index contributed by atoms with van der Waals surface area (Å²) in [6.45, 7) is 6.01. The lowest BCUT2D eigenvalue weighted by molar-refractivity contribution is 0.416. The maximum Gasteiger partial charge on any atom is 0.0683 e. The standard InChI is InChI=1S/C15H23N3/c1-15(2,12-16)7-3-8-18-9-6-13(11-18)10-17-14-4-5-14/h6,9,11,14,17H,3-5,7-8,10H2,1-2H3. The topological polar surface area (TPSA) is 40.8 Å². The number of hydrogen-bond donors (Lipinski definition) is 1. The minimum atomic E-state index is -0.191. The Labute approximate surface area is 110 Å². The number of rotatable bonds is 7. The molecule has 1 aliphatic carbocycles. The van der Waals surface area contributed by atoms with Gasteiger partial charge in [-0.2, -0.15) is 5.26 Å². The van der Waals surface area contributed by atoms with Crippen LogP contribution >= 0.6 is 0 Å². The summed E-state index contributed by atoms with van der Waals surface area (Å²) in [5.74, 6) is 0. The molecule has 18 heavy (non-hydrogen) atoms. The van der Waals surface area contributed by atoms with Crippen molar-refractivity contribution in [1.82, 2.24) is 9.88 Å². The van der Waals surface area contributed by atoms with Gasteiger partial charge in [0.2, 0.25) is 0 Å². The van der Waals surface area contributed by atoms with Crippen molar-refractivity contribution in [3.8, 4) is 6.07 Å². The molecule has 0 atom stereocenters. The zero-order chi connectivity index (χ0) is 13.0. The highest BCUT2D eigenvalue weighted by molar-refractivity contribution is 5.10. The molecule has 0 unspecified atom stereocenters. The van der Waals surface area contributed by atoms with Gasteiger partial charge in [-0.25, -0.2) is 0 Å². The SMILES string of the molecule is CC(C)(C#N)CCCn1ccc(CNC2CC2)c1. The van der Waals surface area contributed by atoms with E-state index < -0.39 is 0 Å². The van der Waals surface area contributed by atoms with Gasteiger partial charge in [0.1, 0.15) is 0 Å². The van der Waals surface area contributed by atoms with Crippen LogP contribution in [0.15, 0.2) is 18.5 Å². The maximum absolute atomic E-state index is 8.96. The molecule has 1 aromatic rings. The lowest BCUT2D eigenvalue weighted by atomic mass is 9.90. The number of nitrogens with one attached hydrogen (secondary N) is 1. The number of nitrogens with zero attached hydrogens (tertiary/aromatic N) is 2. The molecule has 1 saturated carbocycles. The van der Waals surface area contributed by atoms with Crippen molar-refractivity contribution in [3.63, 3.8) is 0 Å². The van der Waals surface area contributed by atoms with E-state index in [1.54, 1.807) is 0 Å². The molecule has 0 amide bonds. The summed E-state index contributed by atoms with van der Waals surface area (Å²) in [4.78, 5) is 0. The molecular formula is C15H23N3. The van der Waals surface area contributed by atoms with Crippen molar-refractivity contribution in [2.45, 2.75) is 58.7 Å². The van der Waals surface area contributed by atoms with E-state index in [9.17, 15) is 0 Å². The van der Waals surface area contributed by atoms with Crippen LogP contribution in [0.4, 0.5) is 0 Å². The summed E-state index contributed by atoms with van der Waals surface area (Å²) < 4.78 is 2.23. The van der Waals surface area contributed by atoms with Crippen LogP contribution in [0.5, 0.6) is 0 Å². The molecular weight excluding hydrogens is 222 g/mol. The second-order valence-electron chi connectivity index (χ2n) is 6.01. The first kappa shape index (κ1) is 13.2. The summed E-state index contributed by atoms with van der Waals surface area (Å²) in [5, 5.41) is 12.5. The Morgan fingerprint density at radius 2 is 2.28 bits per heavy atom. The van der Waals surface area contributed by atoms with E-state index in [0.717, 1.165) is 32.0 Å².